The fourth-order valence-electron chi connectivity index (χ4n) is 2.25. The van der Waals surface area contributed by atoms with Crippen LogP contribution in [0.15, 0.2) is 58.4 Å². The van der Waals surface area contributed by atoms with Crippen molar-refractivity contribution in [3.05, 3.63) is 69.0 Å². The number of amides is 1. The lowest BCUT2D eigenvalue weighted by atomic mass is 10.1. The average Bonchev–Trinajstić information content (AvgIpc) is 3.07. The minimum atomic E-state index is -0.542. The van der Waals surface area contributed by atoms with E-state index in [0.29, 0.717) is 11.3 Å². The monoisotopic (exact) mass is 430 g/mol. The van der Waals surface area contributed by atoms with Gasteiger partial charge in [0.25, 0.3) is 5.91 Å². The second-order valence-electron chi connectivity index (χ2n) is 5.46. The number of carbonyl (C=O) groups excluding carboxylic acids is 2. The Morgan fingerprint density at radius 1 is 1.19 bits per heavy atom. The van der Waals surface area contributed by atoms with E-state index in [2.05, 4.69) is 26.2 Å². The zero-order valence-electron chi connectivity index (χ0n) is 13.9. The van der Waals surface area contributed by atoms with E-state index in [1.54, 1.807) is 41.7 Å². The van der Waals surface area contributed by atoms with Gasteiger partial charge in [-0.1, -0.05) is 28.1 Å². The smallest absolute Gasteiger partial charge is 0.338 e. The SMILES string of the molecule is Cc1nc(-c2cccc(NC(=O)COC(=O)c3ccc(Br)cc3)c2)cs1. The molecular weight excluding hydrogens is 416 g/mol. The first-order valence-electron chi connectivity index (χ1n) is 7.76. The van der Waals surface area contributed by atoms with Crippen LogP contribution < -0.4 is 5.32 Å². The lowest BCUT2D eigenvalue weighted by Gasteiger charge is -2.08. The Hall–Kier alpha value is -2.51. The van der Waals surface area contributed by atoms with Crippen LogP contribution in [0.3, 0.4) is 0 Å². The first-order valence-corrected chi connectivity index (χ1v) is 9.43. The molecule has 1 N–H and O–H groups in total. The van der Waals surface area contributed by atoms with Crippen molar-refractivity contribution in [3.8, 4) is 11.3 Å². The minimum Gasteiger partial charge on any atom is -0.452 e. The molecule has 132 valence electrons. The van der Waals surface area contributed by atoms with E-state index in [9.17, 15) is 9.59 Å². The molecule has 0 saturated heterocycles. The Balaban J connectivity index is 1.58. The number of anilines is 1. The number of hydrogen-bond donors (Lipinski definition) is 1. The zero-order valence-corrected chi connectivity index (χ0v) is 16.3. The number of benzene rings is 2. The predicted octanol–water partition coefficient (Wildman–Crippen LogP) is 4.68. The summed E-state index contributed by atoms with van der Waals surface area (Å²) in [6.07, 6.45) is 0. The summed E-state index contributed by atoms with van der Waals surface area (Å²) in [4.78, 5) is 28.4. The summed E-state index contributed by atoms with van der Waals surface area (Å²) in [6.45, 7) is 1.59. The molecule has 0 aliphatic carbocycles. The number of nitrogens with zero attached hydrogens (tertiary/aromatic N) is 1. The van der Waals surface area contributed by atoms with Gasteiger partial charge in [-0.2, -0.15) is 0 Å². The molecule has 0 unspecified atom stereocenters. The molecule has 5 nitrogen and oxygen atoms in total. The zero-order chi connectivity index (χ0) is 18.5. The number of ether oxygens (including phenoxy) is 1. The fourth-order valence-corrected chi connectivity index (χ4v) is 3.14. The molecule has 0 saturated carbocycles. The highest BCUT2D eigenvalue weighted by Gasteiger charge is 2.11. The third kappa shape index (κ3) is 4.77. The number of halogens is 1. The molecule has 0 aliphatic rings. The number of nitrogens with one attached hydrogen (secondary N) is 1. The summed E-state index contributed by atoms with van der Waals surface area (Å²) < 4.78 is 5.91. The molecular formula is C19H15BrN2O3S. The highest BCUT2D eigenvalue weighted by atomic mass is 79.9. The Bertz CT molecular complexity index is 938. The second kappa shape index (κ2) is 8.25. The molecule has 0 spiro atoms. The number of rotatable bonds is 5. The topological polar surface area (TPSA) is 68.3 Å². The summed E-state index contributed by atoms with van der Waals surface area (Å²) in [6, 6.07) is 14.1. The van der Waals surface area contributed by atoms with Crippen LogP contribution in [0.2, 0.25) is 0 Å². The maximum Gasteiger partial charge on any atom is 0.338 e. The molecule has 0 bridgehead atoms. The van der Waals surface area contributed by atoms with Crippen LogP contribution in [-0.4, -0.2) is 23.5 Å². The summed E-state index contributed by atoms with van der Waals surface area (Å²) in [7, 11) is 0. The number of esters is 1. The van der Waals surface area contributed by atoms with Crippen molar-refractivity contribution in [1.29, 1.82) is 0 Å². The molecule has 1 heterocycles. The Morgan fingerprint density at radius 2 is 1.96 bits per heavy atom. The predicted molar refractivity (Wildman–Crippen MR) is 105 cm³/mol. The van der Waals surface area contributed by atoms with Crippen molar-refractivity contribution < 1.29 is 14.3 Å². The van der Waals surface area contributed by atoms with Gasteiger partial charge in [-0.15, -0.1) is 11.3 Å². The van der Waals surface area contributed by atoms with Crippen molar-refractivity contribution in [3.63, 3.8) is 0 Å². The van der Waals surface area contributed by atoms with E-state index in [1.165, 1.54) is 0 Å². The lowest BCUT2D eigenvalue weighted by Crippen LogP contribution is -2.20. The van der Waals surface area contributed by atoms with Gasteiger partial charge in [0, 0.05) is 21.1 Å². The van der Waals surface area contributed by atoms with Gasteiger partial charge >= 0.3 is 5.97 Å². The van der Waals surface area contributed by atoms with Gasteiger partial charge in [-0.05, 0) is 43.3 Å². The Morgan fingerprint density at radius 3 is 2.65 bits per heavy atom. The quantitative estimate of drug-likeness (QED) is 0.596. The van der Waals surface area contributed by atoms with Gasteiger partial charge in [0.15, 0.2) is 6.61 Å². The largest absolute Gasteiger partial charge is 0.452 e. The molecule has 0 fully saturated rings. The third-order valence-corrected chi connectivity index (χ3v) is 4.78. The van der Waals surface area contributed by atoms with Crippen molar-refractivity contribution in [1.82, 2.24) is 4.98 Å². The van der Waals surface area contributed by atoms with Crippen molar-refractivity contribution in [2.45, 2.75) is 6.92 Å². The Labute approximate surface area is 163 Å². The van der Waals surface area contributed by atoms with Crippen LogP contribution in [0.1, 0.15) is 15.4 Å². The van der Waals surface area contributed by atoms with E-state index in [0.717, 1.165) is 20.7 Å². The molecule has 1 aromatic heterocycles. The van der Waals surface area contributed by atoms with Gasteiger partial charge < -0.3 is 10.1 Å². The molecule has 0 aliphatic heterocycles. The standard InChI is InChI=1S/C19H15BrN2O3S/c1-12-21-17(11-26-12)14-3-2-4-16(9-14)22-18(23)10-25-19(24)13-5-7-15(20)8-6-13/h2-9,11H,10H2,1H3,(H,22,23). The number of carbonyl (C=O) groups is 2. The van der Waals surface area contributed by atoms with Gasteiger partial charge in [-0.3, -0.25) is 4.79 Å². The lowest BCUT2D eigenvalue weighted by molar-refractivity contribution is -0.119. The van der Waals surface area contributed by atoms with Crippen molar-refractivity contribution >= 4 is 44.8 Å². The molecule has 3 aromatic rings. The highest BCUT2D eigenvalue weighted by Crippen LogP contribution is 2.24. The van der Waals surface area contributed by atoms with Crippen molar-refractivity contribution in [2.75, 3.05) is 11.9 Å². The van der Waals surface area contributed by atoms with E-state index in [4.69, 9.17) is 4.74 Å². The molecule has 0 atom stereocenters. The number of aryl methyl sites for hydroxylation is 1. The first-order chi connectivity index (χ1) is 12.5. The average molecular weight is 431 g/mol. The summed E-state index contributed by atoms with van der Waals surface area (Å²) in [5.41, 5.74) is 2.80. The fraction of sp³-hybridized carbons (Fsp3) is 0.105. The summed E-state index contributed by atoms with van der Waals surface area (Å²) in [5.74, 6) is -0.943. The van der Waals surface area contributed by atoms with Gasteiger partial charge in [0.1, 0.15) is 0 Å². The number of aromatic nitrogens is 1. The van der Waals surface area contributed by atoms with Crippen LogP contribution in [0, 0.1) is 6.92 Å². The van der Waals surface area contributed by atoms with Crippen LogP contribution in [-0.2, 0) is 9.53 Å². The second-order valence-corrected chi connectivity index (χ2v) is 7.44. The van der Waals surface area contributed by atoms with Crippen LogP contribution in [0.5, 0.6) is 0 Å². The summed E-state index contributed by atoms with van der Waals surface area (Å²) >= 11 is 4.87. The molecule has 0 radical (unpaired) electrons. The van der Waals surface area contributed by atoms with Crippen LogP contribution in [0.25, 0.3) is 11.3 Å². The minimum absolute atomic E-state index is 0.352. The maximum atomic E-state index is 12.0. The number of thiazole rings is 1. The number of hydrogen-bond acceptors (Lipinski definition) is 5. The Kier molecular flexibility index (Phi) is 5.80. The van der Waals surface area contributed by atoms with E-state index in [-0.39, 0.29) is 6.61 Å². The van der Waals surface area contributed by atoms with Gasteiger partial charge in [-0.25, -0.2) is 9.78 Å². The van der Waals surface area contributed by atoms with Crippen molar-refractivity contribution in [2.24, 2.45) is 0 Å². The van der Waals surface area contributed by atoms with Gasteiger partial charge in [0.05, 0.1) is 16.3 Å². The van der Waals surface area contributed by atoms with E-state index >= 15 is 0 Å². The molecule has 3 rings (SSSR count). The van der Waals surface area contributed by atoms with Gasteiger partial charge in [0.2, 0.25) is 0 Å². The first kappa shape index (κ1) is 18.3. The summed E-state index contributed by atoms with van der Waals surface area (Å²) in [5, 5.41) is 5.68. The van der Waals surface area contributed by atoms with E-state index < -0.39 is 11.9 Å². The van der Waals surface area contributed by atoms with E-state index in [1.807, 2.05) is 30.5 Å². The van der Waals surface area contributed by atoms with Crippen LogP contribution >= 0.6 is 27.3 Å². The molecule has 26 heavy (non-hydrogen) atoms. The molecule has 7 heteroatoms. The molecule has 2 aromatic carbocycles. The maximum absolute atomic E-state index is 12.0. The van der Waals surface area contributed by atoms with Crippen LogP contribution in [0.4, 0.5) is 5.69 Å². The normalized spacial score (nSPS) is 10.4. The highest BCUT2D eigenvalue weighted by molar-refractivity contribution is 9.10. The third-order valence-electron chi connectivity index (χ3n) is 3.48. The molecule has 1 amide bonds.